The fourth-order valence-electron chi connectivity index (χ4n) is 1.86. The summed E-state index contributed by atoms with van der Waals surface area (Å²) in [5.74, 6) is 0.774. The van der Waals surface area contributed by atoms with Crippen molar-refractivity contribution in [2.24, 2.45) is 0 Å². The predicted octanol–water partition coefficient (Wildman–Crippen LogP) is 1.41. The Morgan fingerprint density at radius 2 is 2.12 bits per heavy atom. The van der Waals surface area contributed by atoms with Gasteiger partial charge in [0.05, 0.1) is 13.2 Å². The standard InChI is InChI=1S/C13H19NO3/c1-11-2-3-13(12(15)10-11)17-9-6-14-4-7-16-8-5-14/h2-3,10,15H,4-9H2,1H3. The molecule has 0 spiro atoms. The maximum Gasteiger partial charge on any atom is 0.160 e. The van der Waals surface area contributed by atoms with Crippen LogP contribution >= 0.6 is 0 Å². The highest BCUT2D eigenvalue weighted by Crippen LogP contribution is 2.26. The highest BCUT2D eigenvalue weighted by Gasteiger charge is 2.10. The molecule has 1 N–H and O–H groups in total. The van der Waals surface area contributed by atoms with E-state index in [2.05, 4.69) is 4.90 Å². The number of rotatable bonds is 4. The molecule has 1 aliphatic rings. The van der Waals surface area contributed by atoms with E-state index in [1.54, 1.807) is 6.07 Å². The summed E-state index contributed by atoms with van der Waals surface area (Å²) in [5, 5.41) is 9.67. The largest absolute Gasteiger partial charge is 0.504 e. The number of hydrogen-bond donors (Lipinski definition) is 1. The Kier molecular flexibility index (Phi) is 4.23. The zero-order chi connectivity index (χ0) is 12.1. The van der Waals surface area contributed by atoms with Crippen LogP contribution in [0, 0.1) is 6.92 Å². The molecule has 0 unspecified atom stereocenters. The van der Waals surface area contributed by atoms with E-state index in [1.165, 1.54) is 0 Å². The van der Waals surface area contributed by atoms with E-state index in [0.717, 1.165) is 38.4 Å². The molecule has 0 amide bonds. The summed E-state index contributed by atoms with van der Waals surface area (Å²) >= 11 is 0. The van der Waals surface area contributed by atoms with E-state index in [9.17, 15) is 5.11 Å². The van der Waals surface area contributed by atoms with Crippen molar-refractivity contribution >= 4 is 0 Å². The first-order chi connectivity index (χ1) is 8.25. The number of morpholine rings is 1. The van der Waals surface area contributed by atoms with E-state index in [4.69, 9.17) is 9.47 Å². The summed E-state index contributed by atoms with van der Waals surface area (Å²) in [6.07, 6.45) is 0. The van der Waals surface area contributed by atoms with Gasteiger partial charge in [0.1, 0.15) is 6.61 Å². The first-order valence-electron chi connectivity index (χ1n) is 5.98. The predicted molar refractivity (Wildman–Crippen MR) is 65.6 cm³/mol. The molecule has 94 valence electrons. The Hall–Kier alpha value is -1.26. The van der Waals surface area contributed by atoms with Gasteiger partial charge >= 0.3 is 0 Å². The van der Waals surface area contributed by atoms with E-state index in [-0.39, 0.29) is 5.75 Å². The smallest absolute Gasteiger partial charge is 0.160 e. The summed E-state index contributed by atoms with van der Waals surface area (Å²) in [7, 11) is 0. The molecule has 0 aromatic heterocycles. The van der Waals surface area contributed by atoms with Gasteiger partial charge in [0.25, 0.3) is 0 Å². The third kappa shape index (κ3) is 3.61. The molecule has 4 nitrogen and oxygen atoms in total. The number of benzene rings is 1. The zero-order valence-electron chi connectivity index (χ0n) is 10.2. The van der Waals surface area contributed by atoms with E-state index >= 15 is 0 Å². The quantitative estimate of drug-likeness (QED) is 0.859. The van der Waals surface area contributed by atoms with Gasteiger partial charge in [-0.2, -0.15) is 0 Å². The second-order valence-corrected chi connectivity index (χ2v) is 4.27. The van der Waals surface area contributed by atoms with Gasteiger partial charge in [-0.3, -0.25) is 4.90 Å². The van der Waals surface area contributed by atoms with Gasteiger partial charge in [0.15, 0.2) is 11.5 Å². The van der Waals surface area contributed by atoms with Crippen LogP contribution in [0.2, 0.25) is 0 Å². The van der Waals surface area contributed by atoms with Gasteiger partial charge in [-0.05, 0) is 24.6 Å². The van der Waals surface area contributed by atoms with E-state index in [0.29, 0.717) is 12.4 Å². The van der Waals surface area contributed by atoms with Crippen LogP contribution in [-0.4, -0.2) is 49.5 Å². The normalized spacial score (nSPS) is 17.0. The van der Waals surface area contributed by atoms with Crippen molar-refractivity contribution < 1.29 is 14.6 Å². The van der Waals surface area contributed by atoms with E-state index in [1.807, 2.05) is 19.1 Å². The lowest BCUT2D eigenvalue weighted by Crippen LogP contribution is -2.38. The minimum Gasteiger partial charge on any atom is -0.504 e. The Morgan fingerprint density at radius 3 is 2.82 bits per heavy atom. The lowest BCUT2D eigenvalue weighted by atomic mass is 10.2. The van der Waals surface area contributed by atoms with Gasteiger partial charge in [-0.1, -0.05) is 6.07 Å². The third-order valence-electron chi connectivity index (χ3n) is 2.88. The van der Waals surface area contributed by atoms with Gasteiger partial charge < -0.3 is 14.6 Å². The van der Waals surface area contributed by atoms with Gasteiger partial charge in [-0.25, -0.2) is 0 Å². The number of phenols is 1. The molecule has 0 atom stereocenters. The number of aryl methyl sites for hydroxylation is 1. The summed E-state index contributed by atoms with van der Waals surface area (Å²) in [5.41, 5.74) is 1.03. The van der Waals surface area contributed by atoms with Crippen LogP contribution in [0.15, 0.2) is 18.2 Å². The van der Waals surface area contributed by atoms with Gasteiger partial charge in [0.2, 0.25) is 0 Å². The van der Waals surface area contributed by atoms with Crippen LogP contribution in [0.25, 0.3) is 0 Å². The summed E-state index contributed by atoms with van der Waals surface area (Å²) in [6, 6.07) is 5.46. The maximum atomic E-state index is 9.67. The first kappa shape index (κ1) is 12.2. The Bertz CT molecular complexity index is 362. The van der Waals surface area contributed by atoms with Crippen LogP contribution in [0.1, 0.15) is 5.56 Å². The average Bonchev–Trinajstić information content (AvgIpc) is 2.33. The SMILES string of the molecule is Cc1ccc(OCCN2CCOCC2)c(O)c1. The summed E-state index contributed by atoms with van der Waals surface area (Å²) in [4.78, 5) is 2.30. The Labute approximate surface area is 102 Å². The summed E-state index contributed by atoms with van der Waals surface area (Å²) < 4.78 is 10.8. The molecule has 0 radical (unpaired) electrons. The van der Waals surface area contributed by atoms with Crippen LogP contribution in [0.4, 0.5) is 0 Å². The van der Waals surface area contributed by atoms with Crippen LogP contribution in [-0.2, 0) is 4.74 Å². The Morgan fingerprint density at radius 1 is 1.35 bits per heavy atom. The molecule has 1 heterocycles. The van der Waals surface area contributed by atoms with Crippen molar-refractivity contribution in [1.82, 2.24) is 4.90 Å². The van der Waals surface area contributed by atoms with Crippen molar-refractivity contribution in [1.29, 1.82) is 0 Å². The number of hydrogen-bond acceptors (Lipinski definition) is 4. The van der Waals surface area contributed by atoms with Gasteiger partial charge in [0, 0.05) is 19.6 Å². The van der Waals surface area contributed by atoms with E-state index < -0.39 is 0 Å². The fourth-order valence-corrected chi connectivity index (χ4v) is 1.86. The average molecular weight is 237 g/mol. The van der Waals surface area contributed by atoms with Crippen LogP contribution in [0.5, 0.6) is 11.5 Å². The maximum absolute atomic E-state index is 9.67. The number of nitrogens with zero attached hydrogens (tertiary/aromatic N) is 1. The molecule has 1 aromatic carbocycles. The topological polar surface area (TPSA) is 41.9 Å². The molecule has 0 aliphatic carbocycles. The molecular formula is C13H19NO3. The number of ether oxygens (including phenoxy) is 2. The number of aromatic hydroxyl groups is 1. The lowest BCUT2D eigenvalue weighted by Gasteiger charge is -2.26. The van der Waals surface area contributed by atoms with Gasteiger partial charge in [-0.15, -0.1) is 0 Å². The molecular weight excluding hydrogens is 218 g/mol. The zero-order valence-corrected chi connectivity index (χ0v) is 10.2. The van der Waals surface area contributed by atoms with Crippen LogP contribution < -0.4 is 4.74 Å². The monoisotopic (exact) mass is 237 g/mol. The van der Waals surface area contributed by atoms with Crippen molar-refractivity contribution in [2.45, 2.75) is 6.92 Å². The molecule has 1 aliphatic heterocycles. The Balaban J connectivity index is 1.77. The third-order valence-corrected chi connectivity index (χ3v) is 2.88. The molecule has 1 saturated heterocycles. The van der Waals surface area contributed by atoms with Crippen molar-refractivity contribution in [2.75, 3.05) is 39.5 Å². The number of phenolic OH excluding ortho intramolecular Hbond substituents is 1. The first-order valence-corrected chi connectivity index (χ1v) is 5.98. The van der Waals surface area contributed by atoms with Crippen LogP contribution in [0.3, 0.4) is 0 Å². The second-order valence-electron chi connectivity index (χ2n) is 4.27. The lowest BCUT2D eigenvalue weighted by molar-refractivity contribution is 0.0321. The van der Waals surface area contributed by atoms with Crippen molar-refractivity contribution in [3.05, 3.63) is 23.8 Å². The summed E-state index contributed by atoms with van der Waals surface area (Å²) in [6.45, 7) is 6.93. The molecule has 0 saturated carbocycles. The fraction of sp³-hybridized carbons (Fsp3) is 0.538. The molecule has 1 aromatic rings. The highest BCUT2D eigenvalue weighted by molar-refractivity contribution is 5.41. The van der Waals surface area contributed by atoms with Crippen molar-refractivity contribution in [3.8, 4) is 11.5 Å². The second kappa shape index (κ2) is 5.89. The van der Waals surface area contributed by atoms with Crippen molar-refractivity contribution in [3.63, 3.8) is 0 Å². The minimum atomic E-state index is 0.215. The molecule has 0 bridgehead atoms. The highest BCUT2D eigenvalue weighted by atomic mass is 16.5. The minimum absolute atomic E-state index is 0.215. The molecule has 1 fully saturated rings. The molecule has 2 rings (SSSR count). The molecule has 17 heavy (non-hydrogen) atoms. The molecule has 4 heteroatoms.